The Balaban J connectivity index is 1.56. The summed E-state index contributed by atoms with van der Waals surface area (Å²) in [6.45, 7) is 7.82. The zero-order valence-electron chi connectivity index (χ0n) is 23.6. The first-order valence-electron chi connectivity index (χ1n) is 13.2. The fourth-order valence-corrected chi connectivity index (χ4v) is 4.54. The van der Waals surface area contributed by atoms with Gasteiger partial charge in [-0.15, -0.1) is 0 Å². The van der Waals surface area contributed by atoms with Crippen molar-refractivity contribution < 1.29 is 33.4 Å². The quantitative estimate of drug-likeness (QED) is 0.238. The van der Waals surface area contributed by atoms with Crippen molar-refractivity contribution in [2.75, 3.05) is 30.0 Å². The fourth-order valence-electron chi connectivity index (χ4n) is 4.27. The molecule has 0 radical (unpaired) electrons. The molecule has 0 spiro atoms. The van der Waals surface area contributed by atoms with Gasteiger partial charge >= 0.3 is 6.03 Å². The molecule has 0 aromatic heterocycles. The Hall–Kier alpha value is -4.83. The molecule has 1 saturated heterocycles. The first-order valence-corrected chi connectivity index (χ1v) is 13.6. The zero-order valence-corrected chi connectivity index (χ0v) is 24.3. The van der Waals surface area contributed by atoms with Crippen LogP contribution < -0.4 is 29.7 Å². The number of hydrogen-bond donors (Lipinski definition) is 2. The van der Waals surface area contributed by atoms with E-state index in [1.807, 2.05) is 39.0 Å². The molecule has 42 heavy (non-hydrogen) atoms. The highest BCUT2D eigenvalue weighted by molar-refractivity contribution is 6.39. The van der Waals surface area contributed by atoms with Gasteiger partial charge in [-0.1, -0.05) is 29.3 Å². The van der Waals surface area contributed by atoms with Crippen LogP contribution in [-0.2, 0) is 14.4 Å². The van der Waals surface area contributed by atoms with Crippen LogP contribution in [0.15, 0.2) is 60.2 Å². The lowest BCUT2D eigenvalue weighted by molar-refractivity contribution is -0.122. The maximum atomic E-state index is 13.3. The summed E-state index contributed by atoms with van der Waals surface area (Å²) in [5.41, 5.74) is 2.97. The summed E-state index contributed by atoms with van der Waals surface area (Å²) < 4.78 is 16.8. The van der Waals surface area contributed by atoms with Crippen LogP contribution >= 0.6 is 11.6 Å². The fraction of sp³-hybridized carbons (Fsp3) is 0.226. The molecule has 11 heteroatoms. The number of anilines is 2. The number of benzene rings is 3. The predicted molar refractivity (Wildman–Crippen MR) is 159 cm³/mol. The number of ether oxygens (including phenoxy) is 3. The van der Waals surface area contributed by atoms with Gasteiger partial charge in [0.05, 0.1) is 23.9 Å². The van der Waals surface area contributed by atoms with Crippen LogP contribution in [0.25, 0.3) is 6.08 Å². The van der Waals surface area contributed by atoms with Gasteiger partial charge in [0.25, 0.3) is 17.7 Å². The van der Waals surface area contributed by atoms with Crippen LogP contribution in [0.4, 0.5) is 16.2 Å². The molecule has 1 aliphatic heterocycles. The van der Waals surface area contributed by atoms with Crippen molar-refractivity contribution in [3.05, 3.63) is 81.9 Å². The van der Waals surface area contributed by atoms with Crippen molar-refractivity contribution in [3.8, 4) is 17.2 Å². The molecule has 3 aromatic rings. The van der Waals surface area contributed by atoms with Gasteiger partial charge in [-0.05, 0) is 87.4 Å². The molecular formula is C31H30ClN3O7. The van der Waals surface area contributed by atoms with E-state index in [2.05, 4.69) is 10.6 Å². The largest absolute Gasteiger partial charge is 0.494 e. The summed E-state index contributed by atoms with van der Waals surface area (Å²) in [5.74, 6) is -1.16. The minimum absolute atomic E-state index is 0.0928. The number of nitrogens with one attached hydrogen (secondary N) is 2. The Morgan fingerprint density at radius 2 is 1.67 bits per heavy atom. The highest BCUT2D eigenvalue weighted by Crippen LogP contribution is 2.38. The molecule has 2 N–H and O–H groups in total. The van der Waals surface area contributed by atoms with Crippen LogP contribution in [-0.4, -0.2) is 43.6 Å². The Morgan fingerprint density at radius 3 is 2.33 bits per heavy atom. The number of aryl methyl sites for hydroxylation is 2. The third-order valence-corrected chi connectivity index (χ3v) is 6.43. The van der Waals surface area contributed by atoms with Gasteiger partial charge in [-0.25, -0.2) is 9.69 Å². The van der Waals surface area contributed by atoms with Gasteiger partial charge in [-0.2, -0.15) is 0 Å². The van der Waals surface area contributed by atoms with Gasteiger partial charge < -0.3 is 19.5 Å². The van der Waals surface area contributed by atoms with E-state index >= 15 is 0 Å². The molecule has 0 unspecified atom stereocenters. The standard InChI is InChI=1S/C31H30ClN3O7/c1-5-40-22-10-8-21(9-11-22)35-30(38)23(29(37)34-31(35)39)14-20-15-24(32)28(26(16-20)41-6-2)42-17-27(36)33-25-12-7-18(3)13-19(25)4/h7-16H,5-6,17H2,1-4H3,(H,33,36)(H,34,37,39)/b23-14+. The molecule has 0 aliphatic carbocycles. The lowest BCUT2D eigenvalue weighted by Gasteiger charge is -2.26. The molecule has 5 amide bonds. The van der Waals surface area contributed by atoms with Crippen molar-refractivity contribution in [3.63, 3.8) is 0 Å². The average molecular weight is 592 g/mol. The molecular weight excluding hydrogens is 562 g/mol. The maximum absolute atomic E-state index is 13.3. The minimum Gasteiger partial charge on any atom is -0.494 e. The Labute approximate surface area is 248 Å². The molecule has 1 fully saturated rings. The smallest absolute Gasteiger partial charge is 0.335 e. The van der Waals surface area contributed by atoms with Gasteiger partial charge in [0.1, 0.15) is 11.3 Å². The first kappa shape index (κ1) is 30.1. The summed E-state index contributed by atoms with van der Waals surface area (Å²) in [5, 5.41) is 5.09. The van der Waals surface area contributed by atoms with Crippen LogP contribution in [0, 0.1) is 13.8 Å². The van der Waals surface area contributed by atoms with Crippen molar-refractivity contribution in [1.82, 2.24) is 5.32 Å². The Bertz CT molecular complexity index is 1570. The summed E-state index contributed by atoms with van der Waals surface area (Å²) >= 11 is 6.51. The summed E-state index contributed by atoms with van der Waals surface area (Å²) in [6, 6.07) is 14.1. The Morgan fingerprint density at radius 1 is 0.952 bits per heavy atom. The maximum Gasteiger partial charge on any atom is 0.335 e. The predicted octanol–water partition coefficient (Wildman–Crippen LogP) is 5.44. The molecule has 1 aliphatic rings. The van der Waals surface area contributed by atoms with Gasteiger partial charge in [-0.3, -0.25) is 19.7 Å². The summed E-state index contributed by atoms with van der Waals surface area (Å²) in [7, 11) is 0. The van der Waals surface area contributed by atoms with Crippen LogP contribution in [0.3, 0.4) is 0 Å². The molecule has 0 saturated carbocycles. The number of hydrogen-bond acceptors (Lipinski definition) is 7. The van der Waals surface area contributed by atoms with Crippen molar-refractivity contribution in [2.45, 2.75) is 27.7 Å². The first-order chi connectivity index (χ1) is 20.1. The number of halogens is 1. The molecule has 3 aromatic carbocycles. The van der Waals surface area contributed by atoms with E-state index in [0.717, 1.165) is 16.0 Å². The topological polar surface area (TPSA) is 123 Å². The van der Waals surface area contributed by atoms with Gasteiger partial charge in [0.2, 0.25) is 0 Å². The SMILES string of the molecule is CCOc1ccc(N2C(=O)NC(=O)/C(=C\c3cc(Cl)c(OCC(=O)Nc4ccc(C)cc4C)c(OCC)c3)C2=O)cc1. The molecule has 0 atom stereocenters. The number of imide groups is 2. The molecule has 0 bridgehead atoms. The molecule has 4 rings (SSSR count). The van der Waals surface area contributed by atoms with E-state index in [1.165, 1.54) is 18.2 Å². The number of barbiturate groups is 1. The number of urea groups is 1. The van der Waals surface area contributed by atoms with E-state index in [1.54, 1.807) is 31.2 Å². The van der Waals surface area contributed by atoms with E-state index in [0.29, 0.717) is 23.6 Å². The van der Waals surface area contributed by atoms with Crippen molar-refractivity contribution in [1.29, 1.82) is 0 Å². The van der Waals surface area contributed by atoms with Gasteiger partial charge in [0, 0.05) is 5.69 Å². The highest BCUT2D eigenvalue weighted by Gasteiger charge is 2.37. The van der Waals surface area contributed by atoms with Crippen molar-refractivity contribution >= 4 is 52.8 Å². The lowest BCUT2D eigenvalue weighted by atomic mass is 10.1. The van der Waals surface area contributed by atoms with Crippen LogP contribution in [0.1, 0.15) is 30.5 Å². The lowest BCUT2D eigenvalue weighted by Crippen LogP contribution is -2.54. The molecule has 1 heterocycles. The second-order valence-corrected chi connectivity index (χ2v) is 9.71. The van der Waals surface area contributed by atoms with Crippen molar-refractivity contribution in [2.24, 2.45) is 0 Å². The van der Waals surface area contributed by atoms with Crippen LogP contribution in [0.2, 0.25) is 5.02 Å². The zero-order chi connectivity index (χ0) is 30.4. The summed E-state index contributed by atoms with van der Waals surface area (Å²) in [4.78, 5) is 52.0. The summed E-state index contributed by atoms with van der Waals surface area (Å²) in [6.07, 6.45) is 1.30. The number of rotatable bonds is 10. The molecule has 10 nitrogen and oxygen atoms in total. The third kappa shape index (κ3) is 6.90. The molecule has 218 valence electrons. The van der Waals surface area contributed by atoms with E-state index in [-0.39, 0.29) is 41.0 Å². The van der Waals surface area contributed by atoms with E-state index in [4.69, 9.17) is 25.8 Å². The van der Waals surface area contributed by atoms with E-state index in [9.17, 15) is 19.2 Å². The minimum atomic E-state index is -0.873. The second-order valence-electron chi connectivity index (χ2n) is 9.30. The normalized spacial score (nSPS) is 14.1. The monoisotopic (exact) mass is 591 g/mol. The number of amides is 5. The number of nitrogens with zero attached hydrogens (tertiary/aromatic N) is 1. The second kappa shape index (κ2) is 13.2. The number of carbonyl (C=O) groups is 4. The van der Waals surface area contributed by atoms with Crippen LogP contribution in [0.5, 0.6) is 17.2 Å². The van der Waals surface area contributed by atoms with E-state index < -0.39 is 23.8 Å². The number of carbonyl (C=O) groups excluding carboxylic acids is 4. The van der Waals surface area contributed by atoms with Gasteiger partial charge in [0.15, 0.2) is 18.1 Å². The Kier molecular flexibility index (Phi) is 9.49. The highest BCUT2D eigenvalue weighted by atomic mass is 35.5. The average Bonchev–Trinajstić information content (AvgIpc) is 2.93. The third-order valence-electron chi connectivity index (χ3n) is 6.15.